The van der Waals surface area contributed by atoms with Gasteiger partial charge in [-0.15, -0.1) is 0 Å². The van der Waals surface area contributed by atoms with E-state index in [9.17, 15) is 9.90 Å². The molecule has 2 rings (SSSR count). The van der Waals surface area contributed by atoms with Crippen LogP contribution < -0.4 is 0 Å². The maximum absolute atomic E-state index is 12.1. The van der Waals surface area contributed by atoms with E-state index in [2.05, 4.69) is 33.9 Å². The van der Waals surface area contributed by atoms with Crippen LogP contribution in [0.3, 0.4) is 0 Å². The van der Waals surface area contributed by atoms with Crippen LogP contribution >= 0.6 is 0 Å². The van der Waals surface area contributed by atoms with Crippen molar-refractivity contribution in [2.24, 2.45) is 17.3 Å². The summed E-state index contributed by atoms with van der Waals surface area (Å²) in [5.74, 6) is -0.523. The number of esters is 1. The van der Waals surface area contributed by atoms with Crippen LogP contribution in [-0.4, -0.2) is 38.2 Å². The topological polar surface area (TPSA) is 55.8 Å². The third-order valence-corrected chi connectivity index (χ3v) is 10.2. The summed E-state index contributed by atoms with van der Waals surface area (Å²) in [4.78, 5) is 12.1. The molecule has 5 heteroatoms. The smallest absolute Gasteiger partial charge is 0.312 e. The molecular weight excluding hydrogens is 284 g/mol. The number of hydrogen-bond donors (Lipinski definition) is 1. The van der Waals surface area contributed by atoms with Crippen molar-refractivity contribution in [1.82, 2.24) is 0 Å². The fraction of sp³-hybridized carbons (Fsp3) is 0.938. The van der Waals surface area contributed by atoms with Gasteiger partial charge in [-0.25, -0.2) is 0 Å². The molecule has 2 aliphatic rings. The first-order valence-corrected chi connectivity index (χ1v) is 10.8. The Morgan fingerprint density at radius 1 is 1.33 bits per heavy atom. The van der Waals surface area contributed by atoms with Crippen LogP contribution in [-0.2, 0) is 14.0 Å². The second-order valence-electron chi connectivity index (χ2n) is 8.87. The van der Waals surface area contributed by atoms with Crippen LogP contribution in [0.1, 0.15) is 41.0 Å². The van der Waals surface area contributed by atoms with Crippen molar-refractivity contribution < 1.29 is 19.1 Å². The van der Waals surface area contributed by atoms with Crippen molar-refractivity contribution in [2.45, 2.75) is 71.4 Å². The predicted octanol–water partition coefficient (Wildman–Crippen LogP) is 2.96. The second kappa shape index (κ2) is 5.07. The van der Waals surface area contributed by atoms with Gasteiger partial charge in [-0.2, -0.15) is 0 Å². The average molecular weight is 314 g/mol. The molecule has 0 bridgehead atoms. The highest BCUT2D eigenvalue weighted by atomic mass is 28.4. The van der Waals surface area contributed by atoms with Gasteiger partial charge in [0.05, 0.1) is 18.1 Å². The number of rotatable bonds is 3. The number of cyclic esters (lactones) is 1. The highest BCUT2D eigenvalue weighted by molar-refractivity contribution is 6.74. The molecule has 122 valence electrons. The summed E-state index contributed by atoms with van der Waals surface area (Å²) in [6, 6.07) is 0. The van der Waals surface area contributed by atoms with Gasteiger partial charge in [0.2, 0.25) is 0 Å². The molecule has 0 aromatic heterocycles. The largest absolute Gasteiger partial charge is 0.463 e. The van der Waals surface area contributed by atoms with Gasteiger partial charge in [0.1, 0.15) is 6.61 Å². The summed E-state index contributed by atoms with van der Waals surface area (Å²) < 4.78 is 11.7. The number of carbonyl (C=O) groups is 1. The number of carbonyl (C=O) groups excluding carboxylic acids is 1. The van der Waals surface area contributed by atoms with E-state index in [-0.39, 0.29) is 34.4 Å². The third kappa shape index (κ3) is 2.92. The highest BCUT2D eigenvalue weighted by Crippen LogP contribution is 2.51. The van der Waals surface area contributed by atoms with Crippen molar-refractivity contribution in [3.63, 3.8) is 0 Å². The molecule has 1 N–H and O–H groups in total. The zero-order valence-electron chi connectivity index (χ0n) is 14.4. The molecule has 1 heterocycles. The molecule has 0 aromatic carbocycles. The molecule has 0 amide bonds. The van der Waals surface area contributed by atoms with Crippen LogP contribution in [0.4, 0.5) is 0 Å². The fourth-order valence-corrected chi connectivity index (χ4v) is 4.54. The Morgan fingerprint density at radius 3 is 2.33 bits per heavy atom. The van der Waals surface area contributed by atoms with Gasteiger partial charge in [-0.05, 0) is 30.0 Å². The molecule has 21 heavy (non-hydrogen) atoms. The van der Waals surface area contributed by atoms with Gasteiger partial charge in [0, 0.05) is 5.92 Å². The quantitative estimate of drug-likeness (QED) is 0.643. The van der Waals surface area contributed by atoms with Gasteiger partial charge >= 0.3 is 5.97 Å². The normalized spacial score (nSPS) is 36.3. The molecule has 0 spiro atoms. The van der Waals surface area contributed by atoms with E-state index in [1.165, 1.54) is 0 Å². The maximum Gasteiger partial charge on any atom is 0.312 e. The molecular formula is C16H30O4Si. The average Bonchev–Trinajstić information content (AvgIpc) is 2.65. The molecule has 1 aliphatic heterocycles. The van der Waals surface area contributed by atoms with Crippen LogP contribution in [0.25, 0.3) is 0 Å². The maximum atomic E-state index is 12.1. The van der Waals surface area contributed by atoms with Gasteiger partial charge in [0.25, 0.3) is 0 Å². The van der Waals surface area contributed by atoms with Crippen molar-refractivity contribution in [3.8, 4) is 0 Å². The van der Waals surface area contributed by atoms with E-state index in [1.54, 1.807) is 0 Å². The Morgan fingerprint density at radius 2 is 1.90 bits per heavy atom. The van der Waals surface area contributed by atoms with E-state index in [0.717, 1.165) is 6.42 Å². The summed E-state index contributed by atoms with van der Waals surface area (Å²) in [5, 5.41) is 10.4. The molecule has 4 atom stereocenters. The summed E-state index contributed by atoms with van der Waals surface area (Å²) in [7, 11) is -1.95. The molecule has 0 radical (unpaired) electrons. The monoisotopic (exact) mass is 314 g/mol. The van der Waals surface area contributed by atoms with Gasteiger partial charge in [-0.3, -0.25) is 4.79 Å². The minimum Gasteiger partial charge on any atom is -0.463 e. The first-order chi connectivity index (χ1) is 9.37. The third-order valence-electron chi connectivity index (χ3n) is 5.74. The van der Waals surface area contributed by atoms with Crippen LogP contribution in [0, 0.1) is 17.3 Å². The van der Waals surface area contributed by atoms with Crippen LogP contribution in [0.2, 0.25) is 18.1 Å². The van der Waals surface area contributed by atoms with Crippen molar-refractivity contribution in [3.05, 3.63) is 0 Å². The Balaban J connectivity index is 2.12. The lowest BCUT2D eigenvalue weighted by molar-refractivity contribution is -0.159. The molecule has 4 nitrogen and oxygen atoms in total. The highest BCUT2D eigenvalue weighted by Gasteiger charge is 2.57. The Hall–Kier alpha value is -0.393. The Labute approximate surface area is 129 Å². The number of aliphatic hydroxyl groups is 1. The lowest BCUT2D eigenvalue weighted by Crippen LogP contribution is -2.56. The van der Waals surface area contributed by atoms with Gasteiger partial charge < -0.3 is 14.3 Å². The molecule has 1 saturated carbocycles. The van der Waals surface area contributed by atoms with Gasteiger partial charge in [0.15, 0.2) is 8.32 Å². The number of aliphatic hydroxyl groups excluding tert-OH is 1. The predicted molar refractivity (Wildman–Crippen MR) is 84.4 cm³/mol. The molecule has 2 fully saturated rings. The van der Waals surface area contributed by atoms with Crippen molar-refractivity contribution in [2.75, 3.05) is 6.61 Å². The standard InChI is InChI=1S/C16H30O4Si/c1-15(2,3)21(6,7)20-11-9-19-14(18)12(11)10-8-16(4,5)13(10)17/h10-13,17H,8-9H2,1-7H3/t10-,11-,12+,13-/m1/s1. The van der Waals surface area contributed by atoms with Crippen LogP contribution in [0.15, 0.2) is 0 Å². The summed E-state index contributed by atoms with van der Waals surface area (Å²) in [6.07, 6.45) is 0.207. The van der Waals surface area contributed by atoms with Crippen molar-refractivity contribution >= 4 is 14.3 Å². The van der Waals surface area contributed by atoms with Crippen LogP contribution in [0.5, 0.6) is 0 Å². The number of hydrogen-bond acceptors (Lipinski definition) is 4. The minimum atomic E-state index is -1.95. The lowest BCUT2D eigenvalue weighted by Gasteiger charge is -2.51. The summed E-state index contributed by atoms with van der Waals surface area (Å²) in [5.41, 5.74) is -0.102. The minimum absolute atomic E-state index is 0.0234. The van der Waals surface area contributed by atoms with E-state index >= 15 is 0 Å². The molecule has 1 aliphatic carbocycles. The second-order valence-corrected chi connectivity index (χ2v) is 13.6. The first kappa shape index (κ1) is 17.0. The first-order valence-electron chi connectivity index (χ1n) is 7.89. The zero-order valence-corrected chi connectivity index (χ0v) is 15.4. The molecule has 0 unspecified atom stereocenters. The van der Waals surface area contributed by atoms with Crippen molar-refractivity contribution in [1.29, 1.82) is 0 Å². The van der Waals surface area contributed by atoms with E-state index in [1.807, 2.05) is 13.8 Å². The molecule has 0 aromatic rings. The van der Waals surface area contributed by atoms with E-state index in [0.29, 0.717) is 6.61 Å². The molecule has 1 saturated heterocycles. The van der Waals surface area contributed by atoms with Gasteiger partial charge in [-0.1, -0.05) is 34.6 Å². The summed E-state index contributed by atoms with van der Waals surface area (Å²) in [6.45, 7) is 15.4. The van der Waals surface area contributed by atoms with E-state index < -0.39 is 14.4 Å². The lowest BCUT2D eigenvalue weighted by atomic mass is 9.57. The SMILES string of the molecule is CC1(C)C[C@H]([C@@H]2C(=O)OC[C@H]2O[Si](C)(C)C(C)(C)C)[C@H]1O. The van der Waals surface area contributed by atoms with E-state index in [4.69, 9.17) is 9.16 Å². The fourth-order valence-electron chi connectivity index (χ4n) is 3.21. The zero-order chi connectivity index (χ0) is 16.2. The summed E-state index contributed by atoms with van der Waals surface area (Å²) >= 11 is 0. The Kier molecular flexibility index (Phi) is 4.09. The Bertz CT molecular complexity index is 424. The number of ether oxygens (including phenoxy) is 1.